The van der Waals surface area contributed by atoms with Gasteiger partial charge in [0.15, 0.2) is 0 Å². The van der Waals surface area contributed by atoms with Crippen molar-refractivity contribution in [2.75, 3.05) is 6.61 Å². The zero-order valence-electron chi connectivity index (χ0n) is 15.5. The fourth-order valence-electron chi connectivity index (χ4n) is 3.48. The summed E-state index contributed by atoms with van der Waals surface area (Å²) in [7, 11) is 0. The van der Waals surface area contributed by atoms with Gasteiger partial charge in [-0.2, -0.15) is 5.06 Å². The summed E-state index contributed by atoms with van der Waals surface area (Å²) in [6.07, 6.45) is 7.19. The van der Waals surface area contributed by atoms with Crippen molar-refractivity contribution in [1.82, 2.24) is 5.06 Å². The van der Waals surface area contributed by atoms with Crippen molar-refractivity contribution in [3.63, 3.8) is 0 Å². The van der Waals surface area contributed by atoms with Crippen molar-refractivity contribution in [3.8, 4) is 0 Å². The fourth-order valence-corrected chi connectivity index (χ4v) is 3.48. The lowest BCUT2D eigenvalue weighted by atomic mass is 9.80. The normalized spacial score (nSPS) is 22.8. The molecule has 1 rings (SSSR count). The van der Waals surface area contributed by atoms with Gasteiger partial charge in [-0.05, 0) is 53.4 Å². The van der Waals surface area contributed by atoms with Gasteiger partial charge in [-0.1, -0.05) is 18.9 Å². The van der Waals surface area contributed by atoms with Crippen LogP contribution in [0.1, 0.15) is 66.2 Å². The molecular weight excluding hydrogens is 308 g/mol. The summed E-state index contributed by atoms with van der Waals surface area (Å²) in [5, 5.41) is 21.4. The summed E-state index contributed by atoms with van der Waals surface area (Å²) in [4.78, 5) is 10.6. The first-order valence-corrected chi connectivity index (χ1v) is 8.81. The summed E-state index contributed by atoms with van der Waals surface area (Å²) in [5.41, 5.74) is 4.40. The molecule has 0 saturated carbocycles. The third-order valence-corrected chi connectivity index (χ3v) is 4.58. The molecule has 0 spiro atoms. The maximum atomic E-state index is 10.6. The molecule has 0 aromatic heterocycles. The lowest BCUT2D eigenvalue weighted by Gasteiger charge is -2.51. The Bertz CT molecular complexity index is 417. The third kappa shape index (κ3) is 6.89. The highest BCUT2D eigenvalue weighted by molar-refractivity contribution is 5.85. The lowest BCUT2D eigenvalue weighted by molar-refractivity contribution is -0.261. The van der Waals surface area contributed by atoms with E-state index in [1.165, 1.54) is 17.2 Å². The van der Waals surface area contributed by atoms with E-state index < -0.39 is 12.0 Å². The monoisotopic (exact) mass is 342 g/mol. The van der Waals surface area contributed by atoms with E-state index in [4.69, 9.17) is 10.5 Å². The number of hydrogen-bond donors (Lipinski definition) is 3. The highest BCUT2D eigenvalue weighted by Crippen LogP contribution is 2.37. The number of nitrogens with two attached hydrogens (primary N) is 1. The second kappa shape index (κ2) is 8.94. The Hall–Kier alpha value is -0.950. The van der Waals surface area contributed by atoms with Gasteiger partial charge in [0, 0.05) is 23.8 Å². The summed E-state index contributed by atoms with van der Waals surface area (Å²) < 4.78 is 6.01. The number of carbonyl (C=O) groups excluding carboxylic acids is 1. The predicted octanol–water partition coefficient (Wildman–Crippen LogP) is 2.38. The first-order valence-electron chi connectivity index (χ1n) is 8.81. The Labute approximate surface area is 145 Å². The molecule has 6 nitrogen and oxygen atoms in total. The summed E-state index contributed by atoms with van der Waals surface area (Å²) in [6, 6.07) is 0. The molecule has 0 aromatic carbocycles. The van der Waals surface area contributed by atoms with Gasteiger partial charge in [0.25, 0.3) is 0 Å². The molecule has 0 aromatic rings. The molecule has 1 saturated heterocycles. The van der Waals surface area contributed by atoms with Gasteiger partial charge in [0.1, 0.15) is 0 Å². The molecule has 1 heterocycles. The maximum absolute atomic E-state index is 10.6. The second-order valence-corrected chi connectivity index (χ2v) is 8.02. The van der Waals surface area contributed by atoms with Crippen molar-refractivity contribution in [3.05, 3.63) is 12.2 Å². The number of primary amides is 1. The SMILES string of the molecule is CC1(C)CC(OCCCCCC(O)/C=C/C(N)=O)CC(C)(C)N1O. The van der Waals surface area contributed by atoms with Gasteiger partial charge in [-0.15, -0.1) is 0 Å². The molecule has 4 N–H and O–H groups in total. The second-order valence-electron chi connectivity index (χ2n) is 8.02. The van der Waals surface area contributed by atoms with Gasteiger partial charge in [-0.3, -0.25) is 4.79 Å². The van der Waals surface area contributed by atoms with Crippen LogP contribution in [0.4, 0.5) is 0 Å². The molecule has 0 bridgehead atoms. The molecule has 0 aliphatic carbocycles. The summed E-state index contributed by atoms with van der Waals surface area (Å²) >= 11 is 0. The minimum absolute atomic E-state index is 0.155. The maximum Gasteiger partial charge on any atom is 0.241 e. The van der Waals surface area contributed by atoms with Crippen LogP contribution >= 0.6 is 0 Å². The predicted molar refractivity (Wildman–Crippen MR) is 93.6 cm³/mol. The first-order chi connectivity index (χ1) is 11.0. The minimum atomic E-state index is -0.617. The molecule has 0 radical (unpaired) electrons. The first kappa shape index (κ1) is 21.1. The molecule has 1 unspecified atom stereocenters. The van der Waals surface area contributed by atoms with Crippen LogP contribution in [-0.2, 0) is 9.53 Å². The fraction of sp³-hybridized carbons (Fsp3) is 0.833. The Morgan fingerprint density at radius 2 is 1.83 bits per heavy atom. The number of aliphatic hydroxyl groups is 1. The summed E-state index contributed by atoms with van der Waals surface area (Å²) in [5.74, 6) is -0.540. The van der Waals surface area contributed by atoms with E-state index in [1.54, 1.807) is 0 Å². The number of hydroxylamine groups is 2. The number of unbranched alkanes of at least 4 members (excludes halogenated alkanes) is 2. The van der Waals surface area contributed by atoms with Gasteiger partial charge in [0.2, 0.25) is 5.91 Å². The van der Waals surface area contributed by atoms with E-state index >= 15 is 0 Å². The smallest absolute Gasteiger partial charge is 0.241 e. The molecule has 6 heteroatoms. The average molecular weight is 342 g/mol. The van der Waals surface area contributed by atoms with Crippen LogP contribution in [0.5, 0.6) is 0 Å². The highest BCUT2D eigenvalue weighted by Gasteiger charge is 2.45. The number of nitrogens with zero attached hydrogens (tertiary/aromatic N) is 1. The van der Waals surface area contributed by atoms with Crippen molar-refractivity contribution >= 4 is 5.91 Å². The van der Waals surface area contributed by atoms with Gasteiger partial charge in [0.05, 0.1) is 12.2 Å². The van der Waals surface area contributed by atoms with Crippen LogP contribution in [0.15, 0.2) is 12.2 Å². The molecule has 1 amide bonds. The Morgan fingerprint density at radius 1 is 1.25 bits per heavy atom. The van der Waals surface area contributed by atoms with E-state index in [-0.39, 0.29) is 17.2 Å². The van der Waals surface area contributed by atoms with Crippen LogP contribution < -0.4 is 5.73 Å². The van der Waals surface area contributed by atoms with E-state index in [2.05, 4.69) is 0 Å². The zero-order valence-corrected chi connectivity index (χ0v) is 15.5. The van der Waals surface area contributed by atoms with Gasteiger partial charge >= 0.3 is 0 Å². The Kier molecular flexibility index (Phi) is 7.86. The lowest BCUT2D eigenvalue weighted by Crippen LogP contribution is -2.60. The van der Waals surface area contributed by atoms with Crippen LogP contribution in [0.2, 0.25) is 0 Å². The van der Waals surface area contributed by atoms with E-state index in [1.807, 2.05) is 27.7 Å². The van der Waals surface area contributed by atoms with Crippen molar-refractivity contribution in [2.45, 2.75) is 89.5 Å². The average Bonchev–Trinajstić information content (AvgIpc) is 2.45. The highest BCUT2D eigenvalue weighted by atomic mass is 16.5. The number of rotatable bonds is 9. The Morgan fingerprint density at radius 3 is 2.38 bits per heavy atom. The van der Waals surface area contributed by atoms with Crippen LogP contribution in [0.3, 0.4) is 0 Å². The van der Waals surface area contributed by atoms with Crippen molar-refractivity contribution < 1.29 is 19.8 Å². The minimum Gasteiger partial charge on any atom is -0.389 e. The van der Waals surface area contributed by atoms with Crippen LogP contribution in [0, 0.1) is 0 Å². The molecule has 24 heavy (non-hydrogen) atoms. The molecule has 1 aliphatic rings. The van der Waals surface area contributed by atoms with E-state index in [9.17, 15) is 15.1 Å². The van der Waals surface area contributed by atoms with Crippen molar-refractivity contribution in [2.24, 2.45) is 5.73 Å². The van der Waals surface area contributed by atoms with E-state index in [0.29, 0.717) is 13.0 Å². The molecular formula is C18H34N2O4. The number of amides is 1. The number of ether oxygens (including phenoxy) is 1. The van der Waals surface area contributed by atoms with Gasteiger partial charge in [-0.25, -0.2) is 0 Å². The number of carbonyl (C=O) groups is 1. The third-order valence-electron chi connectivity index (χ3n) is 4.58. The zero-order chi connectivity index (χ0) is 18.4. The van der Waals surface area contributed by atoms with Crippen molar-refractivity contribution in [1.29, 1.82) is 0 Å². The molecule has 1 atom stereocenters. The Balaban J connectivity index is 2.21. The number of hydrogen-bond acceptors (Lipinski definition) is 5. The molecule has 1 fully saturated rings. The molecule has 1 aliphatic heterocycles. The summed E-state index contributed by atoms with van der Waals surface area (Å²) in [6.45, 7) is 8.82. The largest absolute Gasteiger partial charge is 0.389 e. The number of aliphatic hydroxyl groups excluding tert-OH is 1. The standard InChI is InChI=1S/C18H34N2O4/c1-17(2)12-15(13-18(3,4)20(17)23)24-11-7-5-6-8-14(21)9-10-16(19)22/h9-10,14-15,21,23H,5-8,11-13H2,1-4H3,(H2,19,22)/b10-9+. The number of piperidine rings is 1. The van der Waals surface area contributed by atoms with E-state index in [0.717, 1.165) is 32.1 Å². The quantitative estimate of drug-likeness (QED) is 0.442. The topological polar surface area (TPSA) is 96.0 Å². The van der Waals surface area contributed by atoms with Gasteiger partial charge < -0.3 is 20.8 Å². The molecule has 140 valence electrons. The van der Waals surface area contributed by atoms with Crippen LogP contribution in [0.25, 0.3) is 0 Å². The van der Waals surface area contributed by atoms with Crippen LogP contribution in [-0.4, -0.2) is 51.2 Å².